The van der Waals surface area contributed by atoms with Crippen molar-refractivity contribution in [3.05, 3.63) is 121 Å². The van der Waals surface area contributed by atoms with Crippen LogP contribution < -0.4 is 28.4 Å². The predicted molar refractivity (Wildman–Crippen MR) is 225 cm³/mol. The van der Waals surface area contributed by atoms with Gasteiger partial charge in [-0.3, -0.25) is 20.2 Å². The predicted octanol–water partition coefficient (Wildman–Crippen LogP) is 12.1. The first-order chi connectivity index (χ1) is 28.1. The molecule has 316 valence electrons. The molecule has 23 heteroatoms. The minimum atomic E-state index is -1.09. The third kappa shape index (κ3) is 14.1. The molecule has 2 aromatic carbocycles. The molecule has 0 radical (unpaired) electrons. The molecule has 4 rings (SSSR count). The molecule has 0 spiro atoms. The second-order valence-electron chi connectivity index (χ2n) is 11.5. The summed E-state index contributed by atoms with van der Waals surface area (Å²) in [7, 11) is 2.67. The molecule has 2 atom stereocenters. The van der Waals surface area contributed by atoms with Crippen molar-refractivity contribution in [1.29, 1.82) is 0 Å². The van der Waals surface area contributed by atoms with Crippen LogP contribution in [0.4, 0.5) is 11.4 Å². The number of rotatable bonds is 22. The van der Waals surface area contributed by atoms with Crippen molar-refractivity contribution in [1.82, 2.24) is 9.97 Å². The van der Waals surface area contributed by atoms with Crippen LogP contribution in [0.1, 0.15) is 36.2 Å². The lowest BCUT2D eigenvalue weighted by Crippen LogP contribution is -2.16. The number of hydrogen-bond acceptors (Lipinski definition) is 13. The fourth-order valence-electron chi connectivity index (χ4n) is 5.09. The van der Waals surface area contributed by atoms with Crippen molar-refractivity contribution in [3.8, 4) is 35.0 Å². The summed E-state index contributed by atoms with van der Waals surface area (Å²) in [5.74, 6) is -0.155. The molecule has 0 N–H and O–H groups in total. The molecular weight excluding hydrogens is 948 g/mol. The Balaban J connectivity index is 1.63. The van der Waals surface area contributed by atoms with Gasteiger partial charge in [0.15, 0.2) is 0 Å². The van der Waals surface area contributed by atoms with Gasteiger partial charge in [0, 0.05) is 48.2 Å². The van der Waals surface area contributed by atoms with E-state index in [0.717, 1.165) is 0 Å². The Morgan fingerprint density at radius 1 is 0.644 bits per heavy atom. The van der Waals surface area contributed by atoms with Crippen molar-refractivity contribution in [2.24, 2.45) is 0 Å². The first-order valence-electron chi connectivity index (χ1n) is 16.7. The van der Waals surface area contributed by atoms with Crippen molar-refractivity contribution in [2.75, 3.05) is 40.6 Å². The first kappa shape index (κ1) is 47.8. The summed E-state index contributed by atoms with van der Waals surface area (Å²) in [6, 6.07) is 10.8. The van der Waals surface area contributed by atoms with E-state index in [1.165, 1.54) is 74.9 Å². The molecule has 4 aromatic rings. The molecule has 2 heterocycles. The highest BCUT2D eigenvalue weighted by atomic mass is 35.5. The molecule has 2 unspecified atom stereocenters. The molecule has 0 saturated carbocycles. The van der Waals surface area contributed by atoms with E-state index in [4.69, 9.17) is 126 Å². The molecule has 59 heavy (non-hydrogen) atoms. The number of ether oxygens (including phenoxy) is 7. The Kier molecular flexibility index (Phi) is 18.8. The summed E-state index contributed by atoms with van der Waals surface area (Å²) >= 11 is 49.5. The largest absolute Gasteiger partial charge is 0.489 e. The van der Waals surface area contributed by atoms with Crippen LogP contribution in [0, 0.1) is 20.2 Å². The van der Waals surface area contributed by atoms with Crippen LogP contribution in [0.15, 0.2) is 69.7 Å². The van der Waals surface area contributed by atoms with Gasteiger partial charge >= 0.3 is 11.4 Å². The number of nitrogens with zero attached hydrogens (tertiary/aromatic N) is 4. The second-order valence-corrected chi connectivity index (χ2v) is 15.1. The van der Waals surface area contributed by atoms with Gasteiger partial charge in [-0.25, -0.2) is 0 Å². The second kappa shape index (κ2) is 23.2. The number of aromatic nitrogens is 2. The van der Waals surface area contributed by atoms with E-state index < -0.39 is 33.4 Å². The monoisotopic (exact) mass is 974 g/mol. The minimum absolute atomic E-state index is 0.00301. The Bertz CT molecular complexity index is 1990. The molecular formula is C36H30Cl8N4O11. The van der Waals surface area contributed by atoms with E-state index >= 15 is 0 Å². The van der Waals surface area contributed by atoms with Gasteiger partial charge in [0.1, 0.15) is 45.9 Å². The zero-order valence-electron chi connectivity index (χ0n) is 30.5. The van der Waals surface area contributed by atoms with Gasteiger partial charge in [0.25, 0.3) is 11.8 Å². The van der Waals surface area contributed by atoms with E-state index in [9.17, 15) is 20.2 Å². The quantitative estimate of drug-likeness (QED) is 0.0413. The third-order valence-corrected chi connectivity index (χ3v) is 9.59. The summed E-state index contributed by atoms with van der Waals surface area (Å²) in [6.07, 6.45) is 0.644. The van der Waals surface area contributed by atoms with E-state index in [1.807, 2.05) is 0 Å². The van der Waals surface area contributed by atoms with E-state index in [1.54, 1.807) is 0 Å². The summed E-state index contributed by atoms with van der Waals surface area (Å²) in [5, 5.41) is 24.2. The molecule has 2 aromatic heterocycles. The highest BCUT2D eigenvalue weighted by molar-refractivity contribution is 6.56. The maximum Gasteiger partial charge on any atom is 0.331 e. The lowest BCUT2D eigenvalue weighted by atomic mass is 10.1. The molecule has 0 aliphatic heterocycles. The van der Waals surface area contributed by atoms with Gasteiger partial charge in [-0.05, 0) is 36.4 Å². The van der Waals surface area contributed by atoms with Crippen LogP contribution in [0.5, 0.6) is 35.0 Å². The molecule has 0 saturated heterocycles. The smallest absolute Gasteiger partial charge is 0.331 e. The Labute approximate surface area is 376 Å². The van der Waals surface area contributed by atoms with Crippen molar-refractivity contribution in [2.45, 2.75) is 25.0 Å². The minimum Gasteiger partial charge on any atom is -0.489 e. The van der Waals surface area contributed by atoms with Gasteiger partial charge in [0.2, 0.25) is 11.8 Å². The number of methoxy groups -OCH3 is 2. The summed E-state index contributed by atoms with van der Waals surface area (Å²) < 4.78 is 39.8. The SMILES string of the molecule is COc1ccc([N+](=O)[O-])c(OC(CCOCCC(Oc2nc(OC)ccc2[N+](=O)[O-])c2c(Cl)cc(OCC=C(Cl)Cl)cc2Cl)c2c(Cl)cc(OCC=C(Cl)Cl)cc2Cl)n1. The van der Waals surface area contributed by atoms with E-state index in [-0.39, 0.29) is 114 Å². The van der Waals surface area contributed by atoms with Crippen molar-refractivity contribution < 1.29 is 43.0 Å². The van der Waals surface area contributed by atoms with Crippen LogP contribution in [0.3, 0.4) is 0 Å². The average Bonchev–Trinajstić information content (AvgIpc) is 3.16. The number of halogens is 8. The number of benzene rings is 2. The van der Waals surface area contributed by atoms with E-state index in [2.05, 4.69) is 9.97 Å². The maximum atomic E-state index is 11.9. The van der Waals surface area contributed by atoms with Gasteiger partial charge in [-0.2, -0.15) is 9.97 Å². The summed E-state index contributed by atoms with van der Waals surface area (Å²) in [4.78, 5) is 30.8. The third-order valence-electron chi connectivity index (χ3n) is 7.72. The average molecular weight is 978 g/mol. The van der Waals surface area contributed by atoms with Gasteiger partial charge in [-0.15, -0.1) is 0 Å². The van der Waals surface area contributed by atoms with E-state index in [0.29, 0.717) is 0 Å². The Morgan fingerprint density at radius 2 is 1.00 bits per heavy atom. The fourth-order valence-corrected chi connectivity index (χ4v) is 6.77. The van der Waals surface area contributed by atoms with Gasteiger partial charge < -0.3 is 33.2 Å². The van der Waals surface area contributed by atoms with Crippen LogP contribution in [-0.2, 0) is 4.74 Å². The number of nitro groups is 2. The Hall–Kier alpha value is -3.90. The molecule has 0 aliphatic carbocycles. The van der Waals surface area contributed by atoms with Gasteiger partial charge in [-0.1, -0.05) is 92.8 Å². The molecule has 0 fully saturated rings. The van der Waals surface area contributed by atoms with Crippen molar-refractivity contribution >= 4 is 104 Å². The van der Waals surface area contributed by atoms with Gasteiger partial charge in [0.05, 0.1) is 57.4 Å². The first-order valence-corrected chi connectivity index (χ1v) is 19.7. The zero-order chi connectivity index (χ0) is 43.2. The normalized spacial score (nSPS) is 11.8. The van der Waals surface area contributed by atoms with Crippen LogP contribution in [-0.4, -0.2) is 60.5 Å². The maximum absolute atomic E-state index is 11.9. The Morgan fingerprint density at radius 3 is 1.31 bits per heavy atom. The fraction of sp³-hybridized carbons (Fsp3) is 0.278. The molecule has 0 aliphatic rings. The van der Waals surface area contributed by atoms with Crippen LogP contribution >= 0.6 is 92.8 Å². The molecule has 15 nitrogen and oxygen atoms in total. The summed E-state index contributed by atoms with van der Waals surface area (Å²) in [5.41, 5.74) is -0.454. The molecule has 0 amide bonds. The topological polar surface area (TPSA) is 177 Å². The number of pyridine rings is 2. The lowest BCUT2D eigenvalue weighted by molar-refractivity contribution is -0.386. The number of hydrogen-bond donors (Lipinski definition) is 0. The van der Waals surface area contributed by atoms with Crippen molar-refractivity contribution in [3.63, 3.8) is 0 Å². The lowest BCUT2D eigenvalue weighted by Gasteiger charge is -2.23. The van der Waals surface area contributed by atoms with Crippen LogP contribution in [0.2, 0.25) is 20.1 Å². The zero-order valence-corrected chi connectivity index (χ0v) is 36.5. The van der Waals surface area contributed by atoms with Crippen LogP contribution in [0.25, 0.3) is 0 Å². The highest BCUT2D eigenvalue weighted by Crippen LogP contribution is 2.42. The highest BCUT2D eigenvalue weighted by Gasteiger charge is 2.29. The molecule has 0 bridgehead atoms. The summed E-state index contributed by atoms with van der Waals surface area (Å²) in [6.45, 7) is -0.128. The standard InChI is InChI=1S/C36H30Cl8N4O11/c1-53-31-5-3-25(47(49)50)35(45-31)58-27(33-21(37)15-19(16-22(33)38)56-13-9-29(41)42)7-11-55-12-8-28(59-36-26(48(51)52)4-6-32(46-36)54-2)34-23(39)17-20(18-24(34)40)57-14-10-30(43)44/h3-6,9-10,15-18,27-28H,7-8,11-14H2,1-2H3.